The fourth-order valence-electron chi connectivity index (χ4n) is 3.29. The third-order valence-electron chi connectivity index (χ3n) is 4.87. The van der Waals surface area contributed by atoms with Crippen molar-refractivity contribution in [3.8, 4) is 11.4 Å². The molecule has 4 rings (SSSR count). The Kier molecular flexibility index (Phi) is 4.21. The predicted octanol–water partition coefficient (Wildman–Crippen LogP) is 3.13. The van der Waals surface area contributed by atoms with Crippen molar-refractivity contribution in [2.45, 2.75) is 32.2 Å². The van der Waals surface area contributed by atoms with Gasteiger partial charge in [0.1, 0.15) is 11.5 Å². The molecule has 0 spiro atoms. The molecule has 0 fully saturated rings. The van der Waals surface area contributed by atoms with E-state index in [4.69, 9.17) is 0 Å². The number of aromatic nitrogens is 4. The molecule has 3 aromatic rings. The molecule has 0 unspecified atom stereocenters. The largest absolute Gasteiger partial charge is 0.344 e. The van der Waals surface area contributed by atoms with Crippen LogP contribution in [0.3, 0.4) is 0 Å². The zero-order valence-corrected chi connectivity index (χ0v) is 14.7. The molecule has 2 aromatic heterocycles. The summed E-state index contributed by atoms with van der Waals surface area (Å²) < 4.78 is 31.5. The third-order valence-corrected chi connectivity index (χ3v) is 4.87. The highest BCUT2D eigenvalue weighted by molar-refractivity contribution is 5.92. The third kappa shape index (κ3) is 3.09. The lowest BCUT2D eigenvalue weighted by molar-refractivity contribution is 0.0928. The number of nitrogens with one attached hydrogen (secondary N) is 1. The van der Waals surface area contributed by atoms with Crippen LogP contribution in [0, 0.1) is 6.92 Å². The molecule has 1 aromatic carbocycles. The molecule has 0 saturated heterocycles. The first-order valence-corrected chi connectivity index (χ1v) is 8.48. The minimum Gasteiger partial charge on any atom is -0.344 e. The summed E-state index contributed by atoms with van der Waals surface area (Å²) in [4.78, 5) is 20.4. The summed E-state index contributed by atoms with van der Waals surface area (Å²) in [6, 6.07) is 5.36. The van der Waals surface area contributed by atoms with E-state index in [1.54, 1.807) is 23.9 Å². The topological polar surface area (TPSA) is 85.8 Å². The van der Waals surface area contributed by atoms with Crippen molar-refractivity contribution in [1.29, 1.82) is 0 Å². The zero-order valence-electron chi connectivity index (χ0n) is 14.7. The van der Waals surface area contributed by atoms with Crippen molar-refractivity contribution < 1.29 is 18.1 Å². The van der Waals surface area contributed by atoms with Gasteiger partial charge < -0.3 is 14.4 Å². The van der Waals surface area contributed by atoms with Gasteiger partial charge in [0.25, 0.3) is 11.8 Å². The highest BCUT2D eigenvalue weighted by Crippen LogP contribution is 2.34. The van der Waals surface area contributed by atoms with Crippen LogP contribution in [0.25, 0.3) is 11.4 Å². The number of alkyl halides is 2. The molecular weight excluding hydrogens is 356 g/mol. The first-order chi connectivity index (χ1) is 12.9. The quantitative estimate of drug-likeness (QED) is 0.759. The normalized spacial score (nSPS) is 16.0. The maximum Gasteiger partial charge on any atom is 0.315 e. The van der Waals surface area contributed by atoms with E-state index in [-0.39, 0.29) is 17.8 Å². The van der Waals surface area contributed by atoms with Crippen molar-refractivity contribution in [2.24, 2.45) is 7.05 Å². The van der Waals surface area contributed by atoms with Gasteiger partial charge in [-0.05, 0) is 37.0 Å². The van der Waals surface area contributed by atoms with Crippen LogP contribution in [0.5, 0.6) is 0 Å². The van der Waals surface area contributed by atoms with Crippen molar-refractivity contribution >= 4 is 5.91 Å². The van der Waals surface area contributed by atoms with Crippen LogP contribution in [0.1, 0.15) is 52.2 Å². The average molecular weight is 373 g/mol. The van der Waals surface area contributed by atoms with Crippen molar-refractivity contribution in [3.05, 3.63) is 52.9 Å². The highest BCUT2D eigenvalue weighted by Gasteiger charge is 2.26. The minimum atomic E-state index is -2.80. The molecule has 2 heterocycles. The molecule has 0 bridgehead atoms. The van der Waals surface area contributed by atoms with E-state index >= 15 is 0 Å². The van der Waals surface area contributed by atoms with Crippen LogP contribution >= 0.6 is 0 Å². The minimum absolute atomic E-state index is 0.112. The van der Waals surface area contributed by atoms with Gasteiger partial charge in [0.05, 0.1) is 12.2 Å². The molecule has 27 heavy (non-hydrogen) atoms. The molecule has 7 nitrogen and oxygen atoms in total. The summed E-state index contributed by atoms with van der Waals surface area (Å²) in [7, 11) is 1.80. The zero-order chi connectivity index (χ0) is 19.1. The SMILES string of the molecule is Cc1ncc(C(=O)N[C@@H]2CCc3cc(-c4noc(C(F)F)n4)ccc32)n1C. The summed E-state index contributed by atoms with van der Waals surface area (Å²) >= 11 is 0. The lowest BCUT2D eigenvalue weighted by Crippen LogP contribution is -2.28. The van der Waals surface area contributed by atoms with Gasteiger partial charge in [0.15, 0.2) is 0 Å². The molecule has 1 atom stereocenters. The van der Waals surface area contributed by atoms with Crippen LogP contribution in [0.15, 0.2) is 28.9 Å². The standard InChI is InChI=1S/C18H17F2N5O2/c1-9-21-8-14(25(9)2)17(26)22-13-6-4-10-7-11(3-5-12(10)13)16-23-18(15(19)20)27-24-16/h3,5,7-8,13,15H,4,6H2,1-2H3,(H,22,26)/t13-/m1/s1. The second-order valence-corrected chi connectivity index (χ2v) is 6.48. The smallest absolute Gasteiger partial charge is 0.315 e. The van der Waals surface area contributed by atoms with Crippen molar-refractivity contribution in [1.82, 2.24) is 25.0 Å². The van der Waals surface area contributed by atoms with Gasteiger partial charge >= 0.3 is 6.43 Å². The van der Waals surface area contributed by atoms with Crippen LogP contribution < -0.4 is 5.32 Å². The molecule has 0 radical (unpaired) electrons. The van der Waals surface area contributed by atoms with Crippen LogP contribution in [0.2, 0.25) is 0 Å². The van der Waals surface area contributed by atoms with E-state index < -0.39 is 12.3 Å². The fraction of sp³-hybridized carbons (Fsp3) is 0.333. The monoisotopic (exact) mass is 373 g/mol. The fourth-order valence-corrected chi connectivity index (χ4v) is 3.29. The van der Waals surface area contributed by atoms with Gasteiger partial charge in [0.2, 0.25) is 5.82 Å². The highest BCUT2D eigenvalue weighted by atomic mass is 19.3. The Morgan fingerprint density at radius 2 is 2.22 bits per heavy atom. The van der Waals surface area contributed by atoms with Crippen molar-refractivity contribution in [2.75, 3.05) is 0 Å². The molecule has 1 N–H and O–H groups in total. The second kappa shape index (κ2) is 6.57. The molecular formula is C18H17F2N5O2. The summed E-state index contributed by atoms with van der Waals surface area (Å²) in [5, 5.41) is 6.64. The van der Waals surface area contributed by atoms with Gasteiger partial charge in [0, 0.05) is 12.6 Å². The van der Waals surface area contributed by atoms with Gasteiger partial charge in [-0.2, -0.15) is 13.8 Å². The number of rotatable bonds is 4. The number of carbonyl (C=O) groups is 1. The average Bonchev–Trinajstić information content (AvgIpc) is 3.35. The maximum absolute atomic E-state index is 12.6. The predicted molar refractivity (Wildman–Crippen MR) is 91.2 cm³/mol. The van der Waals surface area contributed by atoms with Gasteiger partial charge in [-0.25, -0.2) is 4.98 Å². The molecule has 0 saturated carbocycles. The Labute approximate surface area is 153 Å². The Morgan fingerprint density at radius 1 is 1.41 bits per heavy atom. The van der Waals surface area contributed by atoms with E-state index in [9.17, 15) is 13.6 Å². The number of hydrogen-bond acceptors (Lipinski definition) is 5. The number of fused-ring (bicyclic) bond motifs is 1. The number of halogens is 2. The first-order valence-electron chi connectivity index (χ1n) is 8.48. The Balaban J connectivity index is 1.54. The number of amides is 1. The number of benzene rings is 1. The molecule has 140 valence electrons. The molecule has 1 aliphatic carbocycles. The van der Waals surface area contributed by atoms with Crippen molar-refractivity contribution in [3.63, 3.8) is 0 Å². The lowest BCUT2D eigenvalue weighted by atomic mass is 10.0. The van der Waals surface area contributed by atoms with Gasteiger partial charge in [-0.15, -0.1) is 0 Å². The van der Waals surface area contributed by atoms with Crippen LogP contribution in [0.4, 0.5) is 8.78 Å². The molecule has 1 amide bonds. The van der Waals surface area contributed by atoms with E-state index in [0.29, 0.717) is 11.3 Å². The first kappa shape index (κ1) is 17.3. The van der Waals surface area contributed by atoms with Crippen LogP contribution in [-0.4, -0.2) is 25.6 Å². The van der Waals surface area contributed by atoms with E-state index in [2.05, 4.69) is 25.0 Å². The van der Waals surface area contributed by atoms with E-state index in [1.807, 2.05) is 19.1 Å². The van der Waals surface area contributed by atoms with Gasteiger partial charge in [-0.3, -0.25) is 4.79 Å². The molecule has 0 aliphatic heterocycles. The van der Waals surface area contributed by atoms with E-state index in [1.165, 1.54) is 0 Å². The number of carbonyl (C=O) groups excluding carboxylic acids is 1. The van der Waals surface area contributed by atoms with Gasteiger partial charge in [-0.1, -0.05) is 17.3 Å². The number of imidazole rings is 1. The Morgan fingerprint density at radius 3 is 2.89 bits per heavy atom. The molecule has 9 heteroatoms. The van der Waals surface area contributed by atoms with Crippen LogP contribution in [-0.2, 0) is 13.5 Å². The number of aryl methyl sites for hydroxylation is 2. The number of hydrogen-bond donors (Lipinski definition) is 1. The molecule has 1 aliphatic rings. The summed E-state index contributed by atoms with van der Waals surface area (Å²) in [6.07, 6.45) is 0.282. The maximum atomic E-state index is 12.6. The Hall–Kier alpha value is -3.10. The lowest BCUT2D eigenvalue weighted by Gasteiger charge is -2.14. The summed E-state index contributed by atoms with van der Waals surface area (Å²) in [5.74, 6) is 0.0210. The number of nitrogens with zero attached hydrogens (tertiary/aromatic N) is 4. The summed E-state index contributed by atoms with van der Waals surface area (Å²) in [5.41, 5.74) is 3.15. The summed E-state index contributed by atoms with van der Waals surface area (Å²) in [6.45, 7) is 1.83. The second-order valence-electron chi connectivity index (χ2n) is 6.48. The van der Waals surface area contributed by atoms with E-state index in [0.717, 1.165) is 29.8 Å². The Bertz CT molecular complexity index is 1010.